The van der Waals surface area contributed by atoms with E-state index in [2.05, 4.69) is 30.3 Å². The van der Waals surface area contributed by atoms with E-state index in [-0.39, 0.29) is 0 Å². The summed E-state index contributed by atoms with van der Waals surface area (Å²) in [5.74, 6) is 0. The molecule has 0 saturated carbocycles. The van der Waals surface area contributed by atoms with E-state index < -0.39 is 0 Å². The summed E-state index contributed by atoms with van der Waals surface area (Å²) in [6.07, 6.45) is 2.40. The molecule has 0 saturated heterocycles. The molecule has 0 atom stereocenters. The van der Waals surface area contributed by atoms with E-state index in [0.717, 1.165) is 0 Å². The third-order valence-electron chi connectivity index (χ3n) is 2.61. The van der Waals surface area contributed by atoms with Crippen LogP contribution in [0.25, 0.3) is 0 Å². The fraction of sp³-hybridized carbons (Fsp3) is 0.231. The maximum Gasteiger partial charge on any atom is 0.0178 e. The van der Waals surface area contributed by atoms with E-state index in [1.165, 1.54) is 29.5 Å². The number of hydrogen-bond acceptors (Lipinski definition) is 1. The molecule has 1 heteroatoms. The lowest BCUT2D eigenvalue weighted by molar-refractivity contribution is 0.839. The van der Waals surface area contributed by atoms with Crippen LogP contribution >= 0.6 is 0 Å². The second-order valence-electron chi connectivity index (χ2n) is 3.58. The molecule has 1 aliphatic carbocycles. The van der Waals surface area contributed by atoms with Crippen molar-refractivity contribution in [2.45, 2.75) is 19.4 Å². The van der Waals surface area contributed by atoms with Crippen molar-refractivity contribution in [3.8, 4) is 0 Å². The van der Waals surface area contributed by atoms with Crippen LogP contribution in [0.5, 0.6) is 0 Å². The van der Waals surface area contributed by atoms with E-state index in [9.17, 15) is 0 Å². The van der Waals surface area contributed by atoms with Crippen LogP contribution in [-0.4, -0.2) is 0 Å². The maximum atomic E-state index is 5.66. The van der Waals surface area contributed by atoms with Gasteiger partial charge in [0.2, 0.25) is 0 Å². The molecule has 1 aliphatic rings. The molecule has 0 radical (unpaired) electrons. The minimum atomic E-state index is 0.616. The van der Waals surface area contributed by atoms with Gasteiger partial charge in [-0.25, -0.2) is 0 Å². The Bertz CT molecular complexity index is 381. The van der Waals surface area contributed by atoms with E-state index >= 15 is 0 Å². The molecule has 0 bridgehead atoms. The van der Waals surface area contributed by atoms with Crippen LogP contribution in [0.2, 0.25) is 0 Å². The van der Waals surface area contributed by atoms with E-state index in [1.54, 1.807) is 0 Å². The Balaban J connectivity index is 2.54. The third kappa shape index (κ3) is 1.94. The molecule has 1 nitrogen and oxygen atoms in total. The van der Waals surface area contributed by atoms with Crippen molar-refractivity contribution in [3.63, 3.8) is 0 Å². The molecular formula is C13H15N. The predicted octanol–water partition coefficient (Wildman–Crippen LogP) is 2.37. The van der Waals surface area contributed by atoms with Gasteiger partial charge < -0.3 is 5.73 Å². The van der Waals surface area contributed by atoms with Crippen molar-refractivity contribution >= 4 is 0 Å². The first kappa shape index (κ1) is 9.22. The molecule has 1 aromatic carbocycles. The number of nitrogens with two attached hydrogens (primary N) is 1. The molecule has 0 aliphatic heterocycles. The molecule has 0 heterocycles. The Morgan fingerprint density at radius 2 is 1.64 bits per heavy atom. The van der Waals surface area contributed by atoms with Crippen molar-refractivity contribution < 1.29 is 0 Å². The zero-order chi connectivity index (χ0) is 9.80. The van der Waals surface area contributed by atoms with Gasteiger partial charge in [0.05, 0.1) is 0 Å². The minimum absolute atomic E-state index is 0.616. The summed E-state index contributed by atoms with van der Waals surface area (Å²) < 4.78 is 0. The molecule has 2 N–H and O–H groups in total. The lowest BCUT2D eigenvalue weighted by Crippen LogP contribution is -2.07. The Morgan fingerprint density at radius 3 is 2.29 bits per heavy atom. The molecule has 0 unspecified atom stereocenters. The SMILES string of the molecule is NCc1ccccccc2c(c1)CC2. The monoisotopic (exact) mass is 185 g/mol. The largest absolute Gasteiger partial charge is 0.326 e. The zero-order valence-corrected chi connectivity index (χ0v) is 8.24. The summed E-state index contributed by atoms with van der Waals surface area (Å²) in [6.45, 7) is 0.616. The molecule has 14 heavy (non-hydrogen) atoms. The highest BCUT2D eigenvalue weighted by molar-refractivity contribution is 5.34. The van der Waals surface area contributed by atoms with Crippen LogP contribution in [-0.2, 0) is 19.4 Å². The lowest BCUT2D eigenvalue weighted by Gasteiger charge is -2.16. The summed E-state index contributed by atoms with van der Waals surface area (Å²) in [5.41, 5.74) is 9.77. The number of rotatable bonds is 1. The van der Waals surface area contributed by atoms with Crippen molar-refractivity contribution in [2.24, 2.45) is 5.73 Å². The summed E-state index contributed by atoms with van der Waals surface area (Å²) in [7, 11) is 0. The van der Waals surface area contributed by atoms with Gasteiger partial charge in [0.25, 0.3) is 0 Å². The summed E-state index contributed by atoms with van der Waals surface area (Å²) in [5, 5.41) is 0. The molecular weight excluding hydrogens is 170 g/mol. The highest BCUT2D eigenvalue weighted by Gasteiger charge is 2.09. The van der Waals surface area contributed by atoms with E-state index in [4.69, 9.17) is 5.73 Å². The lowest BCUT2D eigenvalue weighted by atomic mass is 9.89. The second-order valence-corrected chi connectivity index (χ2v) is 3.58. The highest BCUT2D eigenvalue weighted by atomic mass is 14.5. The first-order valence-electron chi connectivity index (χ1n) is 5.04. The van der Waals surface area contributed by atoms with Crippen molar-refractivity contribution in [1.82, 2.24) is 0 Å². The summed E-state index contributed by atoms with van der Waals surface area (Å²) in [4.78, 5) is 0. The molecule has 2 rings (SSSR count). The van der Waals surface area contributed by atoms with Crippen LogP contribution in [0, 0.1) is 0 Å². The van der Waals surface area contributed by atoms with Gasteiger partial charge in [-0.05, 0) is 29.5 Å². The van der Waals surface area contributed by atoms with Gasteiger partial charge in [-0.1, -0.05) is 42.5 Å². The molecule has 72 valence electrons. The van der Waals surface area contributed by atoms with Crippen LogP contribution < -0.4 is 5.73 Å². The minimum Gasteiger partial charge on any atom is -0.326 e. The first-order chi connectivity index (χ1) is 6.90. The average Bonchev–Trinajstić information content (AvgIpc) is 2.18. The van der Waals surface area contributed by atoms with E-state index in [1.807, 2.05) is 12.1 Å². The average molecular weight is 185 g/mol. The number of fused-ring (bicyclic) bond motifs is 1. The summed E-state index contributed by atoms with van der Waals surface area (Å²) >= 11 is 0. The fourth-order valence-electron chi connectivity index (χ4n) is 1.65. The van der Waals surface area contributed by atoms with Gasteiger partial charge in [0.1, 0.15) is 0 Å². The first-order valence-corrected chi connectivity index (χ1v) is 5.04. The van der Waals surface area contributed by atoms with Gasteiger partial charge in [-0.2, -0.15) is 0 Å². The van der Waals surface area contributed by atoms with Gasteiger partial charge in [-0.15, -0.1) is 0 Å². The third-order valence-corrected chi connectivity index (χ3v) is 2.61. The number of hydrogen-bond donors (Lipinski definition) is 1. The molecule has 0 amide bonds. The van der Waals surface area contributed by atoms with Gasteiger partial charge in [0, 0.05) is 6.54 Å². The second kappa shape index (κ2) is 4.25. The van der Waals surface area contributed by atoms with Crippen molar-refractivity contribution in [3.05, 3.63) is 59.2 Å². The summed E-state index contributed by atoms with van der Waals surface area (Å²) in [6, 6.07) is 14.7. The Kier molecular flexibility index (Phi) is 2.80. The van der Waals surface area contributed by atoms with Crippen LogP contribution in [0.4, 0.5) is 0 Å². The topological polar surface area (TPSA) is 26.0 Å². The van der Waals surface area contributed by atoms with Crippen molar-refractivity contribution in [2.75, 3.05) is 0 Å². The van der Waals surface area contributed by atoms with Gasteiger partial charge >= 0.3 is 0 Å². The highest BCUT2D eigenvalue weighted by Crippen LogP contribution is 2.20. The van der Waals surface area contributed by atoms with Gasteiger partial charge in [0.15, 0.2) is 0 Å². The smallest absolute Gasteiger partial charge is 0.0178 e. The molecule has 1 aromatic rings. The van der Waals surface area contributed by atoms with Crippen molar-refractivity contribution in [1.29, 1.82) is 0 Å². The molecule has 0 fully saturated rings. The normalized spacial score (nSPS) is 12.4. The Labute approximate surface area is 84.9 Å². The fourth-order valence-corrected chi connectivity index (χ4v) is 1.65. The standard InChI is InChI=1S/C13H15N/c14-10-11-5-3-1-2-4-6-12-7-8-13(12)9-11/h1-6,9H,7-8,10,14H2. The Hall–Kier alpha value is -1.34. The van der Waals surface area contributed by atoms with Crippen LogP contribution in [0.15, 0.2) is 42.5 Å². The van der Waals surface area contributed by atoms with E-state index in [0.29, 0.717) is 6.54 Å². The quantitative estimate of drug-likeness (QED) is 0.714. The predicted molar refractivity (Wildman–Crippen MR) is 59.4 cm³/mol. The molecule has 0 spiro atoms. The van der Waals surface area contributed by atoms with Gasteiger partial charge in [-0.3, -0.25) is 0 Å². The molecule has 0 aromatic heterocycles. The Morgan fingerprint density at radius 1 is 0.929 bits per heavy atom. The maximum absolute atomic E-state index is 5.66. The van der Waals surface area contributed by atoms with Crippen LogP contribution in [0.1, 0.15) is 16.7 Å². The zero-order valence-electron chi connectivity index (χ0n) is 8.24. The number of aryl methyl sites for hydroxylation is 2. The van der Waals surface area contributed by atoms with Crippen LogP contribution in [0.3, 0.4) is 0 Å².